The normalized spacial score (nSPS) is 10.6. The van der Waals surface area contributed by atoms with Crippen LogP contribution in [0.3, 0.4) is 0 Å². The average molecular weight is 376 g/mol. The number of carbonyl (C=O) groups is 2. The number of anilines is 1. The summed E-state index contributed by atoms with van der Waals surface area (Å²) in [6, 6.07) is 14.0. The predicted octanol–water partition coefficient (Wildman–Crippen LogP) is 1.75. The number of fused-ring (bicyclic) bond motifs is 1. The van der Waals surface area contributed by atoms with Crippen LogP contribution in [-0.4, -0.2) is 53.3 Å². The van der Waals surface area contributed by atoms with E-state index in [1.807, 2.05) is 25.1 Å². The van der Waals surface area contributed by atoms with E-state index in [1.165, 1.54) is 0 Å². The maximum Gasteiger partial charge on any atom is 0.287 e. The fourth-order valence-corrected chi connectivity index (χ4v) is 2.71. The lowest BCUT2D eigenvalue weighted by atomic mass is 10.2. The Morgan fingerprint density at radius 1 is 1.14 bits per heavy atom. The molecule has 2 heterocycles. The minimum Gasteiger partial charge on any atom is -0.348 e. The van der Waals surface area contributed by atoms with Gasteiger partial charge in [-0.15, -0.1) is 0 Å². The van der Waals surface area contributed by atoms with Crippen LogP contribution in [0.25, 0.3) is 5.52 Å². The Labute approximate surface area is 162 Å². The van der Waals surface area contributed by atoms with Gasteiger partial charge >= 0.3 is 0 Å². The van der Waals surface area contributed by atoms with Gasteiger partial charge in [-0.05, 0) is 38.4 Å². The Hall–Kier alpha value is -3.70. The van der Waals surface area contributed by atoms with Gasteiger partial charge in [-0.1, -0.05) is 18.2 Å². The van der Waals surface area contributed by atoms with Crippen LogP contribution in [-0.2, 0) is 0 Å². The van der Waals surface area contributed by atoms with Crippen LogP contribution in [0.2, 0.25) is 0 Å². The summed E-state index contributed by atoms with van der Waals surface area (Å²) < 4.78 is 1.58. The van der Waals surface area contributed by atoms with Crippen LogP contribution >= 0.6 is 0 Å². The summed E-state index contributed by atoms with van der Waals surface area (Å²) in [6.07, 6.45) is 1.68. The monoisotopic (exact) mass is 376 g/mol. The minimum atomic E-state index is -0.487. The number of nitriles is 1. The zero-order valence-electron chi connectivity index (χ0n) is 15.6. The fraction of sp³-hybridized carbons (Fsp3) is 0.200. The zero-order chi connectivity index (χ0) is 20.1. The number of hydrogen-bond donors (Lipinski definition) is 2. The second-order valence-electron chi connectivity index (χ2n) is 6.41. The summed E-state index contributed by atoms with van der Waals surface area (Å²) in [7, 11) is 3.83. The highest BCUT2D eigenvalue weighted by atomic mass is 16.2. The van der Waals surface area contributed by atoms with Crippen molar-refractivity contribution in [1.82, 2.24) is 19.6 Å². The van der Waals surface area contributed by atoms with Gasteiger partial charge in [0.05, 0.1) is 16.8 Å². The number of imidazole rings is 1. The molecule has 3 aromatic rings. The van der Waals surface area contributed by atoms with Crippen LogP contribution in [0.4, 0.5) is 5.69 Å². The van der Waals surface area contributed by atoms with Gasteiger partial charge in [0.15, 0.2) is 5.69 Å². The largest absolute Gasteiger partial charge is 0.348 e. The van der Waals surface area contributed by atoms with Crippen molar-refractivity contribution in [2.75, 3.05) is 32.5 Å². The van der Waals surface area contributed by atoms with Crippen molar-refractivity contribution in [3.05, 3.63) is 65.7 Å². The van der Waals surface area contributed by atoms with E-state index in [0.717, 1.165) is 0 Å². The van der Waals surface area contributed by atoms with Gasteiger partial charge < -0.3 is 15.5 Å². The first-order valence-corrected chi connectivity index (χ1v) is 8.71. The van der Waals surface area contributed by atoms with Crippen molar-refractivity contribution in [1.29, 1.82) is 5.26 Å². The molecular formula is C20H20N6O2. The first kappa shape index (κ1) is 19.1. The third kappa shape index (κ3) is 4.00. The first-order chi connectivity index (χ1) is 13.5. The minimum absolute atomic E-state index is 0.117. The summed E-state index contributed by atoms with van der Waals surface area (Å²) in [5.74, 6) is -0.716. The molecule has 1 aromatic carbocycles. The smallest absolute Gasteiger partial charge is 0.287 e. The highest BCUT2D eigenvalue weighted by Gasteiger charge is 2.21. The molecule has 8 nitrogen and oxygen atoms in total. The quantitative estimate of drug-likeness (QED) is 0.682. The molecule has 0 saturated heterocycles. The van der Waals surface area contributed by atoms with E-state index in [9.17, 15) is 14.9 Å². The van der Waals surface area contributed by atoms with Crippen LogP contribution in [0, 0.1) is 11.3 Å². The summed E-state index contributed by atoms with van der Waals surface area (Å²) >= 11 is 0. The number of rotatable bonds is 6. The van der Waals surface area contributed by atoms with Crippen LogP contribution < -0.4 is 10.6 Å². The molecule has 0 spiro atoms. The number of nitrogens with zero attached hydrogens (tertiary/aromatic N) is 4. The van der Waals surface area contributed by atoms with Gasteiger partial charge in [0.2, 0.25) is 5.82 Å². The molecule has 0 unspecified atom stereocenters. The van der Waals surface area contributed by atoms with Crippen molar-refractivity contribution in [3.63, 3.8) is 0 Å². The second-order valence-corrected chi connectivity index (χ2v) is 6.41. The van der Waals surface area contributed by atoms with E-state index < -0.39 is 5.91 Å². The molecule has 0 fully saturated rings. The molecular weight excluding hydrogens is 356 g/mol. The van der Waals surface area contributed by atoms with Crippen LogP contribution in [0.15, 0.2) is 48.7 Å². The molecule has 8 heteroatoms. The van der Waals surface area contributed by atoms with E-state index >= 15 is 0 Å². The van der Waals surface area contributed by atoms with E-state index in [2.05, 4.69) is 15.6 Å². The number of amides is 2. The van der Waals surface area contributed by atoms with Crippen LogP contribution in [0.1, 0.15) is 26.7 Å². The van der Waals surface area contributed by atoms with E-state index in [0.29, 0.717) is 29.9 Å². The molecule has 0 aliphatic rings. The molecule has 0 saturated carbocycles. The van der Waals surface area contributed by atoms with Crippen molar-refractivity contribution < 1.29 is 9.59 Å². The molecule has 3 rings (SSSR count). The van der Waals surface area contributed by atoms with Crippen molar-refractivity contribution in [2.24, 2.45) is 0 Å². The molecule has 0 aliphatic heterocycles. The highest BCUT2D eigenvalue weighted by Crippen LogP contribution is 2.18. The third-order valence-corrected chi connectivity index (χ3v) is 4.11. The van der Waals surface area contributed by atoms with Gasteiger partial charge in [-0.2, -0.15) is 5.26 Å². The van der Waals surface area contributed by atoms with Crippen molar-refractivity contribution >= 4 is 23.0 Å². The fourth-order valence-electron chi connectivity index (χ4n) is 2.71. The Bertz CT molecular complexity index is 1060. The lowest BCUT2D eigenvalue weighted by Gasteiger charge is -2.09. The third-order valence-electron chi connectivity index (χ3n) is 4.11. The van der Waals surface area contributed by atoms with Crippen molar-refractivity contribution in [2.45, 2.75) is 0 Å². The first-order valence-electron chi connectivity index (χ1n) is 8.71. The molecule has 0 radical (unpaired) electrons. The molecule has 2 aromatic heterocycles. The van der Waals surface area contributed by atoms with Gasteiger partial charge in [-0.25, -0.2) is 4.98 Å². The summed E-state index contributed by atoms with van der Waals surface area (Å²) in [5, 5.41) is 14.7. The molecule has 2 amide bonds. The number of aromatic nitrogens is 2. The number of benzene rings is 1. The summed E-state index contributed by atoms with van der Waals surface area (Å²) in [5.41, 5.74) is 1.36. The Balaban J connectivity index is 1.90. The standard InChI is InChI=1S/C20H20N6O2/c1-25(2)12-10-22-20(28)18-24-17(16-9-5-6-11-26(16)18)19(27)23-15-8-4-3-7-14(15)13-21/h3-9,11H,10,12H2,1-2H3,(H,22,28)(H,23,27). The van der Waals surface area contributed by atoms with E-state index in [4.69, 9.17) is 0 Å². The zero-order valence-corrected chi connectivity index (χ0v) is 15.6. The Morgan fingerprint density at radius 2 is 1.89 bits per heavy atom. The molecule has 0 atom stereocenters. The summed E-state index contributed by atoms with van der Waals surface area (Å²) in [6.45, 7) is 1.15. The topological polar surface area (TPSA) is 103 Å². The van der Waals surface area contributed by atoms with Gasteiger partial charge in [-0.3, -0.25) is 14.0 Å². The summed E-state index contributed by atoms with van der Waals surface area (Å²) in [4.78, 5) is 31.6. The van der Waals surface area contributed by atoms with Crippen LogP contribution in [0.5, 0.6) is 0 Å². The molecule has 0 bridgehead atoms. The van der Waals surface area contributed by atoms with Crippen molar-refractivity contribution in [3.8, 4) is 6.07 Å². The maximum atomic E-state index is 12.8. The van der Waals surface area contributed by atoms with E-state index in [-0.39, 0.29) is 17.4 Å². The number of carbonyl (C=O) groups excluding carboxylic acids is 2. The molecule has 142 valence electrons. The SMILES string of the molecule is CN(C)CCNC(=O)c1nc(C(=O)Nc2ccccc2C#N)c2ccccn12. The van der Waals surface area contributed by atoms with Gasteiger partial charge in [0.25, 0.3) is 11.8 Å². The highest BCUT2D eigenvalue weighted by molar-refractivity contribution is 6.09. The maximum absolute atomic E-state index is 12.8. The van der Waals surface area contributed by atoms with Gasteiger partial charge in [0, 0.05) is 19.3 Å². The van der Waals surface area contributed by atoms with E-state index in [1.54, 1.807) is 53.1 Å². The van der Waals surface area contributed by atoms with Gasteiger partial charge in [0.1, 0.15) is 6.07 Å². The molecule has 28 heavy (non-hydrogen) atoms. The average Bonchev–Trinajstić information content (AvgIpc) is 3.08. The number of pyridine rings is 1. The lowest BCUT2D eigenvalue weighted by molar-refractivity contribution is 0.0940. The number of hydrogen-bond acceptors (Lipinski definition) is 5. The Kier molecular flexibility index (Phi) is 5.67. The predicted molar refractivity (Wildman–Crippen MR) is 105 cm³/mol. The number of para-hydroxylation sites is 1. The Morgan fingerprint density at radius 3 is 2.64 bits per heavy atom. The molecule has 0 aliphatic carbocycles. The lowest BCUT2D eigenvalue weighted by Crippen LogP contribution is -2.32. The number of nitrogens with one attached hydrogen (secondary N) is 2. The second kappa shape index (κ2) is 8.33. The molecule has 2 N–H and O–H groups in total. The number of likely N-dealkylation sites (N-methyl/N-ethyl adjacent to an activating group) is 1.